The van der Waals surface area contributed by atoms with Crippen LogP contribution in [0.3, 0.4) is 0 Å². The molecule has 0 saturated heterocycles. The number of hydrogen-bond acceptors (Lipinski definition) is 2. The van der Waals surface area contributed by atoms with E-state index in [1.54, 1.807) is 0 Å². The van der Waals surface area contributed by atoms with Crippen LogP contribution in [0, 0.1) is 5.92 Å². The lowest BCUT2D eigenvalue weighted by molar-refractivity contribution is 0.373. The maximum atomic E-state index is 4.49. The van der Waals surface area contributed by atoms with Crippen LogP contribution in [0.25, 0.3) is 0 Å². The van der Waals surface area contributed by atoms with Crippen molar-refractivity contribution >= 4 is 0 Å². The minimum Gasteiger partial charge on any atom is -0.337 e. The number of benzene rings is 1. The summed E-state index contributed by atoms with van der Waals surface area (Å²) in [5, 5.41) is 3.44. The van der Waals surface area contributed by atoms with Gasteiger partial charge in [0.25, 0.3) is 0 Å². The standard InChI is InChI=1S/C15H19N3/c1-16-14(15-17-7-8-18(15)2)13-9-11-5-3-4-6-12(11)10-13/h3-8,13-14,16H,9-10H2,1-2H3. The van der Waals surface area contributed by atoms with Gasteiger partial charge < -0.3 is 9.88 Å². The highest BCUT2D eigenvalue weighted by molar-refractivity contribution is 5.33. The van der Waals surface area contributed by atoms with Gasteiger partial charge in [0.2, 0.25) is 0 Å². The average Bonchev–Trinajstić information content (AvgIpc) is 2.97. The highest BCUT2D eigenvalue weighted by atomic mass is 15.1. The zero-order chi connectivity index (χ0) is 12.5. The van der Waals surface area contributed by atoms with Gasteiger partial charge in [-0.3, -0.25) is 0 Å². The third-order valence-corrected chi connectivity index (χ3v) is 4.00. The first kappa shape index (κ1) is 11.5. The Hall–Kier alpha value is -1.61. The van der Waals surface area contributed by atoms with Gasteiger partial charge in [-0.1, -0.05) is 24.3 Å². The van der Waals surface area contributed by atoms with Crippen LogP contribution in [0.1, 0.15) is 23.0 Å². The summed E-state index contributed by atoms with van der Waals surface area (Å²) in [6.07, 6.45) is 6.19. The van der Waals surface area contributed by atoms with Crippen molar-refractivity contribution in [3.63, 3.8) is 0 Å². The van der Waals surface area contributed by atoms with Crippen LogP contribution in [0.2, 0.25) is 0 Å². The van der Waals surface area contributed by atoms with Crippen molar-refractivity contribution in [3.05, 3.63) is 53.6 Å². The van der Waals surface area contributed by atoms with Crippen molar-refractivity contribution in [2.24, 2.45) is 13.0 Å². The molecule has 3 nitrogen and oxygen atoms in total. The van der Waals surface area contributed by atoms with Crippen molar-refractivity contribution in [1.82, 2.24) is 14.9 Å². The van der Waals surface area contributed by atoms with Crippen molar-refractivity contribution in [1.29, 1.82) is 0 Å². The van der Waals surface area contributed by atoms with E-state index in [9.17, 15) is 0 Å². The molecule has 1 unspecified atom stereocenters. The highest BCUT2D eigenvalue weighted by Crippen LogP contribution is 2.34. The summed E-state index contributed by atoms with van der Waals surface area (Å²) in [6.45, 7) is 0. The molecule has 1 aromatic heterocycles. The molecular formula is C15H19N3. The Morgan fingerprint density at radius 2 is 1.94 bits per heavy atom. The molecule has 2 aromatic rings. The minimum absolute atomic E-state index is 0.331. The first-order valence-electron chi connectivity index (χ1n) is 6.51. The molecule has 18 heavy (non-hydrogen) atoms. The zero-order valence-electron chi connectivity index (χ0n) is 10.9. The predicted molar refractivity (Wildman–Crippen MR) is 72.3 cm³/mol. The van der Waals surface area contributed by atoms with Crippen LogP contribution in [0.4, 0.5) is 0 Å². The molecule has 0 saturated carbocycles. The molecule has 94 valence electrons. The van der Waals surface area contributed by atoms with Crippen LogP contribution < -0.4 is 5.32 Å². The summed E-state index contributed by atoms with van der Waals surface area (Å²) in [7, 11) is 4.09. The predicted octanol–water partition coefficient (Wildman–Crippen LogP) is 2.10. The quantitative estimate of drug-likeness (QED) is 0.892. The second kappa shape index (κ2) is 4.58. The molecule has 0 aliphatic heterocycles. The number of rotatable bonds is 3. The smallest absolute Gasteiger partial charge is 0.125 e. The van der Waals surface area contributed by atoms with Crippen molar-refractivity contribution in [2.75, 3.05) is 7.05 Å². The highest BCUT2D eigenvalue weighted by Gasteiger charge is 2.30. The summed E-state index contributed by atoms with van der Waals surface area (Å²) in [4.78, 5) is 4.49. The SMILES string of the molecule is CNC(c1nccn1C)C1Cc2ccccc2C1. The Kier molecular flexibility index (Phi) is 2.92. The molecule has 1 aliphatic carbocycles. The number of nitrogens with zero attached hydrogens (tertiary/aromatic N) is 2. The molecule has 1 aliphatic rings. The monoisotopic (exact) mass is 241 g/mol. The lowest BCUT2D eigenvalue weighted by Gasteiger charge is -2.22. The summed E-state index contributed by atoms with van der Waals surface area (Å²) >= 11 is 0. The van der Waals surface area contributed by atoms with E-state index in [2.05, 4.69) is 46.2 Å². The maximum Gasteiger partial charge on any atom is 0.125 e. The van der Waals surface area contributed by atoms with E-state index in [1.165, 1.54) is 11.1 Å². The Morgan fingerprint density at radius 1 is 1.28 bits per heavy atom. The number of fused-ring (bicyclic) bond motifs is 1. The lowest BCUT2D eigenvalue weighted by Crippen LogP contribution is -2.28. The molecule has 0 radical (unpaired) electrons. The van der Waals surface area contributed by atoms with Gasteiger partial charge in [-0.2, -0.15) is 0 Å². The number of nitrogens with one attached hydrogen (secondary N) is 1. The second-order valence-corrected chi connectivity index (χ2v) is 5.10. The van der Waals surface area contributed by atoms with Crippen LogP contribution in [-0.2, 0) is 19.9 Å². The van der Waals surface area contributed by atoms with Gasteiger partial charge in [-0.05, 0) is 36.9 Å². The van der Waals surface area contributed by atoms with E-state index in [1.807, 2.05) is 19.4 Å². The molecule has 0 fully saturated rings. The number of imidazole rings is 1. The van der Waals surface area contributed by atoms with Crippen molar-refractivity contribution in [3.8, 4) is 0 Å². The second-order valence-electron chi connectivity index (χ2n) is 5.10. The number of aryl methyl sites for hydroxylation is 1. The first-order valence-corrected chi connectivity index (χ1v) is 6.51. The van der Waals surface area contributed by atoms with Crippen LogP contribution in [0.5, 0.6) is 0 Å². The lowest BCUT2D eigenvalue weighted by atomic mass is 9.96. The Labute approximate surface area is 108 Å². The first-order chi connectivity index (χ1) is 8.79. The van der Waals surface area contributed by atoms with Crippen LogP contribution >= 0.6 is 0 Å². The Bertz CT molecular complexity index is 519. The zero-order valence-corrected chi connectivity index (χ0v) is 10.9. The third-order valence-electron chi connectivity index (χ3n) is 4.00. The van der Waals surface area contributed by atoms with Crippen LogP contribution in [-0.4, -0.2) is 16.6 Å². The molecule has 1 N–H and O–H groups in total. The largest absolute Gasteiger partial charge is 0.337 e. The molecule has 1 atom stereocenters. The van der Waals surface area contributed by atoms with E-state index in [-0.39, 0.29) is 0 Å². The molecule has 0 amide bonds. The Morgan fingerprint density at radius 3 is 2.44 bits per heavy atom. The van der Waals surface area contributed by atoms with Gasteiger partial charge in [0.05, 0.1) is 6.04 Å². The Balaban J connectivity index is 1.86. The molecule has 0 bridgehead atoms. The molecule has 1 aromatic carbocycles. The van der Waals surface area contributed by atoms with Crippen LogP contribution in [0.15, 0.2) is 36.7 Å². The normalized spacial score (nSPS) is 16.8. The van der Waals surface area contributed by atoms with E-state index < -0.39 is 0 Å². The molecule has 3 rings (SSSR count). The molecule has 1 heterocycles. The maximum absolute atomic E-state index is 4.49. The fourth-order valence-electron chi connectivity index (χ4n) is 3.08. The van der Waals surface area contributed by atoms with Gasteiger partial charge in [-0.25, -0.2) is 4.98 Å². The van der Waals surface area contributed by atoms with Gasteiger partial charge >= 0.3 is 0 Å². The summed E-state index contributed by atoms with van der Waals surface area (Å²) < 4.78 is 2.12. The third kappa shape index (κ3) is 1.85. The molecular weight excluding hydrogens is 222 g/mol. The van der Waals surface area contributed by atoms with Gasteiger partial charge in [0.1, 0.15) is 5.82 Å². The summed E-state index contributed by atoms with van der Waals surface area (Å²) in [5.41, 5.74) is 2.99. The van der Waals surface area contributed by atoms with Gasteiger partial charge in [-0.15, -0.1) is 0 Å². The van der Waals surface area contributed by atoms with E-state index >= 15 is 0 Å². The molecule has 3 heteroatoms. The van der Waals surface area contributed by atoms with E-state index in [0.717, 1.165) is 18.7 Å². The number of hydrogen-bond donors (Lipinski definition) is 1. The van der Waals surface area contributed by atoms with Gasteiger partial charge in [0.15, 0.2) is 0 Å². The fraction of sp³-hybridized carbons (Fsp3) is 0.400. The molecule has 0 spiro atoms. The fourth-order valence-corrected chi connectivity index (χ4v) is 3.08. The van der Waals surface area contributed by atoms with Crippen molar-refractivity contribution < 1.29 is 0 Å². The average molecular weight is 241 g/mol. The number of aromatic nitrogens is 2. The minimum atomic E-state index is 0.331. The topological polar surface area (TPSA) is 29.9 Å². The van der Waals surface area contributed by atoms with Crippen molar-refractivity contribution in [2.45, 2.75) is 18.9 Å². The van der Waals surface area contributed by atoms with E-state index in [0.29, 0.717) is 12.0 Å². The summed E-state index contributed by atoms with van der Waals surface area (Å²) in [5.74, 6) is 1.74. The van der Waals surface area contributed by atoms with E-state index in [4.69, 9.17) is 0 Å². The van der Waals surface area contributed by atoms with Gasteiger partial charge in [0, 0.05) is 19.4 Å². The summed E-state index contributed by atoms with van der Waals surface area (Å²) in [6, 6.07) is 9.10.